The van der Waals surface area contributed by atoms with Gasteiger partial charge in [0.15, 0.2) is 6.10 Å². The minimum atomic E-state index is -4.41. The van der Waals surface area contributed by atoms with Crippen LogP contribution < -0.4 is 14.8 Å². The molecule has 0 fully saturated rings. The van der Waals surface area contributed by atoms with Crippen LogP contribution in [-0.4, -0.2) is 80.9 Å². The van der Waals surface area contributed by atoms with E-state index in [1.165, 1.54) is 12.0 Å². The van der Waals surface area contributed by atoms with E-state index in [9.17, 15) is 27.9 Å². The molecule has 9 nitrogen and oxygen atoms in total. The fraction of sp³-hybridized carbons (Fsp3) is 0.462. The highest BCUT2D eigenvalue weighted by atomic mass is 19.4. The lowest BCUT2D eigenvalue weighted by Crippen LogP contribution is -2.39. The third-order valence-corrected chi connectivity index (χ3v) is 5.24. The number of amides is 2. The Bertz CT molecular complexity index is 1000. The molecule has 0 radical (unpaired) electrons. The summed E-state index contributed by atoms with van der Waals surface area (Å²) in [5.41, 5.74) is 1.21. The molecule has 0 saturated carbocycles. The molecule has 38 heavy (non-hydrogen) atoms. The lowest BCUT2D eigenvalue weighted by Gasteiger charge is -2.24. The molecule has 0 heterocycles. The summed E-state index contributed by atoms with van der Waals surface area (Å²) in [5, 5.41) is 12.0. The van der Waals surface area contributed by atoms with Gasteiger partial charge >= 0.3 is 18.2 Å². The number of carboxylic acid groups (broad SMARTS) is 1. The van der Waals surface area contributed by atoms with Gasteiger partial charge in [-0.3, -0.25) is 0 Å². The van der Waals surface area contributed by atoms with Gasteiger partial charge in [0.05, 0.1) is 19.3 Å². The number of halogens is 3. The van der Waals surface area contributed by atoms with Crippen molar-refractivity contribution in [2.24, 2.45) is 0 Å². The second-order valence-corrected chi connectivity index (χ2v) is 8.12. The van der Waals surface area contributed by atoms with Crippen LogP contribution >= 0.6 is 0 Å². The Labute approximate surface area is 219 Å². The number of nitrogens with zero attached hydrogens (tertiary/aromatic N) is 1. The number of carboxylic acids is 1. The maximum absolute atomic E-state index is 12.9. The number of rotatable bonds is 16. The lowest BCUT2D eigenvalue weighted by atomic mass is 10.1. The summed E-state index contributed by atoms with van der Waals surface area (Å²) < 4.78 is 57.8. The van der Waals surface area contributed by atoms with Gasteiger partial charge in [0.25, 0.3) is 0 Å². The van der Waals surface area contributed by atoms with Crippen LogP contribution in [0.4, 0.5) is 23.7 Å². The molecule has 0 bridgehead atoms. The Hall–Kier alpha value is -3.51. The summed E-state index contributed by atoms with van der Waals surface area (Å²) in [5.74, 6) is -0.0711. The summed E-state index contributed by atoms with van der Waals surface area (Å²) in [6.07, 6.45) is -4.96. The van der Waals surface area contributed by atoms with Crippen molar-refractivity contribution < 1.29 is 46.8 Å². The topological polar surface area (TPSA) is 107 Å². The largest absolute Gasteiger partial charge is 0.495 e. The Balaban J connectivity index is 1.95. The van der Waals surface area contributed by atoms with E-state index in [4.69, 9.17) is 14.2 Å². The van der Waals surface area contributed by atoms with Crippen LogP contribution in [0, 0.1) is 0 Å². The molecule has 1 unspecified atom stereocenters. The number of anilines is 1. The number of aliphatic carboxylic acids is 1. The maximum atomic E-state index is 12.9. The maximum Gasteiger partial charge on any atom is 0.411 e. The van der Waals surface area contributed by atoms with Gasteiger partial charge in [0, 0.05) is 26.2 Å². The van der Waals surface area contributed by atoms with Crippen LogP contribution in [0.15, 0.2) is 48.5 Å². The number of nitrogens with one attached hydrogen (secondary N) is 1. The number of alkyl halides is 3. The zero-order chi connectivity index (χ0) is 28.0. The van der Waals surface area contributed by atoms with E-state index >= 15 is 0 Å². The number of benzene rings is 2. The quantitative estimate of drug-likeness (QED) is 0.299. The number of hydrogen-bond acceptors (Lipinski definition) is 6. The predicted octanol–water partition coefficient (Wildman–Crippen LogP) is 4.61. The molecule has 1 atom stereocenters. The van der Waals surface area contributed by atoms with Crippen LogP contribution in [0.1, 0.15) is 18.9 Å². The molecular weight excluding hydrogens is 509 g/mol. The van der Waals surface area contributed by atoms with Crippen molar-refractivity contribution in [1.29, 1.82) is 0 Å². The highest BCUT2D eigenvalue weighted by Crippen LogP contribution is 2.23. The van der Waals surface area contributed by atoms with E-state index in [2.05, 4.69) is 10.1 Å². The highest BCUT2D eigenvalue weighted by molar-refractivity contribution is 5.91. The fourth-order valence-corrected chi connectivity index (χ4v) is 3.43. The van der Waals surface area contributed by atoms with Gasteiger partial charge in [-0.2, -0.15) is 13.2 Å². The second-order valence-electron chi connectivity index (χ2n) is 8.12. The van der Waals surface area contributed by atoms with E-state index in [-0.39, 0.29) is 45.8 Å². The first-order valence-corrected chi connectivity index (χ1v) is 12.0. The monoisotopic (exact) mass is 542 g/mol. The van der Waals surface area contributed by atoms with Crippen LogP contribution in [0.2, 0.25) is 0 Å². The molecule has 0 spiro atoms. The summed E-state index contributed by atoms with van der Waals surface area (Å²) in [6, 6.07) is 13.2. The Morgan fingerprint density at radius 3 is 2.39 bits per heavy atom. The molecule has 0 saturated heterocycles. The van der Waals surface area contributed by atoms with Crippen LogP contribution in [0.5, 0.6) is 11.5 Å². The molecular formula is C26H33F3N2O7. The molecule has 2 aromatic rings. The Morgan fingerprint density at radius 2 is 1.76 bits per heavy atom. The van der Waals surface area contributed by atoms with Gasteiger partial charge in [0.1, 0.15) is 24.7 Å². The first-order chi connectivity index (χ1) is 18.1. The Morgan fingerprint density at radius 1 is 1.05 bits per heavy atom. The number of hydrogen-bond donors (Lipinski definition) is 2. The average Bonchev–Trinajstić information content (AvgIpc) is 2.87. The zero-order valence-electron chi connectivity index (χ0n) is 21.3. The van der Waals surface area contributed by atoms with Crippen molar-refractivity contribution in [2.45, 2.75) is 32.0 Å². The molecule has 2 aromatic carbocycles. The molecule has 0 aromatic heterocycles. The highest BCUT2D eigenvalue weighted by Gasteiger charge is 2.27. The number of methoxy groups -OCH3 is 1. The van der Waals surface area contributed by atoms with E-state index in [0.29, 0.717) is 17.2 Å². The molecule has 2 N–H and O–H groups in total. The minimum absolute atomic E-state index is 0.110. The van der Waals surface area contributed by atoms with E-state index in [1.54, 1.807) is 55.5 Å². The molecule has 2 rings (SSSR count). The second kappa shape index (κ2) is 15.7. The number of carbonyl (C=O) groups is 2. The van der Waals surface area contributed by atoms with Gasteiger partial charge in [-0.05, 0) is 43.2 Å². The summed E-state index contributed by atoms with van der Waals surface area (Å²) in [6.45, 7) is 0.883. The van der Waals surface area contributed by atoms with Crippen LogP contribution in [-0.2, 0) is 20.7 Å². The predicted molar refractivity (Wildman–Crippen MR) is 134 cm³/mol. The standard InChI is InChI=1S/C26H33F3N2O7/c1-3-37-23(24(32)33)17-19-9-11-20(12-10-19)38-16-14-31(13-6-15-36-18-26(27,28)29)25(34)30-21-7-4-5-8-22(21)35-2/h4-5,7-12,23H,3,6,13-18H2,1-2H3,(H,30,34)(H,32,33). The molecule has 210 valence electrons. The average molecular weight is 543 g/mol. The van der Waals surface area contributed by atoms with Gasteiger partial charge in [-0.1, -0.05) is 24.3 Å². The molecule has 2 amide bonds. The van der Waals surface area contributed by atoms with Crippen molar-refractivity contribution in [1.82, 2.24) is 4.90 Å². The zero-order valence-corrected chi connectivity index (χ0v) is 21.3. The number of carbonyl (C=O) groups excluding carboxylic acids is 1. The Kier molecular flexibility index (Phi) is 12.7. The van der Waals surface area contributed by atoms with E-state index in [1.807, 2.05) is 0 Å². The first-order valence-electron chi connectivity index (χ1n) is 12.0. The third-order valence-electron chi connectivity index (χ3n) is 5.24. The number of ether oxygens (including phenoxy) is 4. The van der Waals surface area contributed by atoms with E-state index < -0.39 is 30.9 Å². The summed E-state index contributed by atoms with van der Waals surface area (Å²) >= 11 is 0. The van der Waals surface area contributed by atoms with Crippen molar-refractivity contribution >= 4 is 17.7 Å². The summed E-state index contributed by atoms with van der Waals surface area (Å²) in [4.78, 5) is 25.6. The normalized spacial score (nSPS) is 12.0. The molecule has 12 heteroatoms. The van der Waals surface area contributed by atoms with Gasteiger partial charge in [-0.25, -0.2) is 9.59 Å². The molecule has 0 aliphatic carbocycles. The van der Waals surface area contributed by atoms with Crippen LogP contribution in [0.3, 0.4) is 0 Å². The van der Waals surface area contributed by atoms with Crippen LogP contribution in [0.25, 0.3) is 0 Å². The molecule has 0 aliphatic heterocycles. The number of para-hydroxylation sites is 2. The van der Waals surface area contributed by atoms with Crippen molar-refractivity contribution in [3.63, 3.8) is 0 Å². The first kappa shape index (κ1) is 30.7. The van der Waals surface area contributed by atoms with Gasteiger partial charge in [-0.15, -0.1) is 0 Å². The lowest BCUT2D eigenvalue weighted by molar-refractivity contribution is -0.174. The van der Waals surface area contributed by atoms with E-state index in [0.717, 1.165) is 5.56 Å². The summed E-state index contributed by atoms with van der Waals surface area (Å²) in [7, 11) is 1.47. The van der Waals surface area contributed by atoms with Crippen molar-refractivity contribution in [2.75, 3.05) is 51.9 Å². The SMILES string of the molecule is CCOC(Cc1ccc(OCCN(CCCOCC(F)(F)F)C(=O)Nc2ccccc2OC)cc1)C(=O)O. The number of urea groups is 1. The fourth-order valence-electron chi connectivity index (χ4n) is 3.43. The van der Waals surface area contributed by atoms with Crippen molar-refractivity contribution in [3.05, 3.63) is 54.1 Å². The molecule has 0 aliphatic rings. The van der Waals surface area contributed by atoms with Gasteiger partial charge in [0.2, 0.25) is 0 Å². The minimum Gasteiger partial charge on any atom is -0.495 e. The smallest absolute Gasteiger partial charge is 0.411 e. The van der Waals surface area contributed by atoms with Gasteiger partial charge < -0.3 is 34.3 Å². The van der Waals surface area contributed by atoms with Crippen molar-refractivity contribution in [3.8, 4) is 11.5 Å². The third kappa shape index (κ3) is 11.3.